The van der Waals surface area contributed by atoms with Gasteiger partial charge in [0.2, 0.25) is 0 Å². The molecular weight excluding hydrogens is 410 g/mol. The van der Waals surface area contributed by atoms with Crippen molar-refractivity contribution in [2.75, 3.05) is 23.9 Å². The normalized spacial score (nSPS) is 12.6. The van der Waals surface area contributed by atoms with Gasteiger partial charge in [0.25, 0.3) is 5.91 Å². The first-order valence-electron chi connectivity index (χ1n) is 10.0. The quantitative estimate of drug-likeness (QED) is 0.442. The first-order chi connectivity index (χ1) is 15.1. The molecule has 0 radical (unpaired) electrons. The highest BCUT2D eigenvalue weighted by Crippen LogP contribution is 2.35. The fraction of sp³-hybridized carbons (Fsp3) is 0.120. The van der Waals surface area contributed by atoms with Gasteiger partial charge in [0.1, 0.15) is 11.6 Å². The van der Waals surface area contributed by atoms with Gasteiger partial charge in [-0.2, -0.15) is 0 Å². The van der Waals surface area contributed by atoms with Crippen molar-refractivity contribution < 1.29 is 9.53 Å². The van der Waals surface area contributed by atoms with E-state index in [1.807, 2.05) is 42.5 Å². The summed E-state index contributed by atoms with van der Waals surface area (Å²) in [5.41, 5.74) is 4.44. The van der Waals surface area contributed by atoms with Crippen molar-refractivity contribution in [2.45, 2.75) is 6.42 Å². The Morgan fingerprint density at radius 1 is 1.03 bits per heavy atom. The summed E-state index contributed by atoms with van der Waals surface area (Å²) in [5, 5.41) is 4.63. The molecule has 0 bridgehead atoms. The van der Waals surface area contributed by atoms with Gasteiger partial charge in [-0.1, -0.05) is 11.6 Å². The minimum Gasteiger partial charge on any atom is -0.497 e. The molecule has 1 aliphatic heterocycles. The van der Waals surface area contributed by atoms with Gasteiger partial charge >= 0.3 is 0 Å². The SMILES string of the molecule is COc1ccc2cc3c(nc2c1)N(c1ccc(C(=O)Nc2ccc(Cl)cc2)cc1)CC3. The maximum absolute atomic E-state index is 12.6. The highest BCUT2D eigenvalue weighted by Gasteiger charge is 2.23. The van der Waals surface area contributed by atoms with E-state index in [0.717, 1.165) is 41.1 Å². The van der Waals surface area contributed by atoms with Crippen LogP contribution < -0.4 is 15.0 Å². The molecule has 1 amide bonds. The maximum atomic E-state index is 12.6. The maximum Gasteiger partial charge on any atom is 0.255 e. The highest BCUT2D eigenvalue weighted by molar-refractivity contribution is 6.30. The number of methoxy groups -OCH3 is 1. The second-order valence-corrected chi connectivity index (χ2v) is 7.88. The minimum atomic E-state index is -0.160. The zero-order valence-electron chi connectivity index (χ0n) is 16.9. The number of fused-ring (bicyclic) bond motifs is 2. The Hall–Kier alpha value is -3.57. The molecule has 5 nitrogen and oxygen atoms in total. The fourth-order valence-electron chi connectivity index (χ4n) is 3.84. The van der Waals surface area contributed by atoms with Crippen molar-refractivity contribution in [3.63, 3.8) is 0 Å². The van der Waals surface area contributed by atoms with Crippen molar-refractivity contribution >= 4 is 45.6 Å². The fourth-order valence-corrected chi connectivity index (χ4v) is 3.97. The largest absolute Gasteiger partial charge is 0.497 e. The van der Waals surface area contributed by atoms with Gasteiger partial charge in [0.05, 0.1) is 12.6 Å². The smallest absolute Gasteiger partial charge is 0.255 e. The van der Waals surface area contributed by atoms with E-state index in [1.165, 1.54) is 5.56 Å². The molecule has 1 N–H and O–H groups in total. The van der Waals surface area contributed by atoms with Crippen molar-refractivity contribution in [3.8, 4) is 5.75 Å². The first kappa shape index (κ1) is 19.4. The van der Waals surface area contributed by atoms with Crippen LogP contribution in [-0.2, 0) is 6.42 Å². The number of hydrogen-bond donors (Lipinski definition) is 1. The number of aromatic nitrogens is 1. The number of benzene rings is 3. The topological polar surface area (TPSA) is 54.5 Å². The van der Waals surface area contributed by atoms with Crippen LogP contribution in [0.25, 0.3) is 10.9 Å². The number of amides is 1. The van der Waals surface area contributed by atoms with Crippen molar-refractivity contribution in [3.05, 3.63) is 88.9 Å². The number of carbonyl (C=O) groups is 1. The molecule has 6 heteroatoms. The summed E-state index contributed by atoms with van der Waals surface area (Å²) in [5.74, 6) is 1.59. The third kappa shape index (κ3) is 3.80. The minimum absolute atomic E-state index is 0.160. The van der Waals surface area contributed by atoms with Gasteiger partial charge in [0.15, 0.2) is 0 Å². The van der Waals surface area contributed by atoms with Crippen LogP contribution in [0, 0.1) is 0 Å². The lowest BCUT2D eigenvalue weighted by atomic mass is 10.1. The Kier molecular flexibility index (Phi) is 4.96. The summed E-state index contributed by atoms with van der Waals surface area (Å²) in [6.45, 7) is 0.853. The van der Waals surface area contributed by atoms with E-state index < -0.39 is 0 Å². The number of anilines is 3. The zero-order valence-corrected chi connectivity index (χ0v) is 17.7. The van der Waals surface area contributed by atoms with Crippen LogP contribution in [0.15, 0.2) is 72.8 Å². The van der Waals surface area contributed by atoms with Gasteiger partial charge in [-0.25, -0.2) is 4.98 Å². The zero-order chi connectivity index (χ0) is 21.4. The van der Waals surface area contributed by atoms with E-state index >= 15 is 0 Å². The molecule has 4 aromatic rings. The summed E-state index contributed by atoms with van der Waals surface area (Å²) in [4.78, 5) is 19.6. The number of hydrogen-bond acceptors (Lipinski definition) is 4. The van der Waals surface area contributed by atoms with Crippen molar-refractivity contribution in [1.82, 2.24) is 4.98 Å². The second-order valence-electron chi connectivity index (χ2n) is 7.44. The number of pyridine rings is 1. The molecule has 2 heterocycles. The predicted octanol–water partition coefficient (Wildman–Crippen LogP) is 5.84. The lowest BCUT2D eigenvalue weighted by molar-refractivity contribution is 0.102. The molecular formula is C25H20ClN3O2. The van der Waals surface area contributed by atoms with Crippen LogP contribution in [0.5, 0.6) is 5.75 Å². The number of rotatable bonds is 4. The predicted molar refractivity (Wildman–Crippen MR) is 125 cm³/mol. The molecule has 0 saturated carbocycles. The summed E-state index contributed by atoms with van der Waals surface area (Å²) in [6.07, 6.45) is 0.934. The average molecular weight is 430 g/mol. The van der Waals surface area contributed by atoms with Crippen molar-refractivity contribution in [1.29, 1.82) is 0 Å². The number of halogens is 1. The molecule has 1 aliphatic rings. The van der Waals surface area contributed by atoms with Gasteiger partial charge in [-0.3, -0.25) is 4.79 Å². The van der Waals surface area contributed by atoms with E-state index in [-0.39, 0.29) is 5.91 Å². The molecule has 0 unspecified atom stereocenters. The number of nitrogens with one attached hydrogen (secondary N) is 1. The molecule has 0 fully saturated rings. The van der Waals surface area contributed by atoms with Crippen LogP contribution in [0.4, 0.5) is 17.2 Å². The van der Waals surface area contributed by atoms with Gasteiger partial charge in [-0.15, -0.1) is 0 Å². The second kappa shape index (κ2) is 7.93. The van der Waals surface area contributed by atoms with E-state index in [4.69, 9.17) is 21.3 Å². The van der Waals surface area contributed by atoms with Gasteiger partial charge < -0.3 is 15.0 Å². The highest BCUT2D eigenvalue weighted by atomic mass is 35.5. The Labute approximate surface area is 185 Å². The number of ether oxygens (including phenoxy) is 1. The standard InChI is InChI=1S/C25H20ClN3O2/c1-31-22-11-4-17-14-18-12-13-29(24(18)28-23(17)15-22)21-9-2-16(3-10-21)25(30)27-20-7-5-19(26)6-8-20/h2-11,14-15H,12-13H2,1H3,(H,27,30). The monoisotopic (exact) mass is 429 g/mol. The van der Waals surface area contributed by atoms with Crippen LogP contribution in [-0.4, -0.2) is 24.5 Å². The third-order valence-electron chi connectivity index (χ3n) is 5.48. The van der Waals surface area contributed by atoms with E-state index in [0.29, 0.717) is 16.3 Å². The lowest BCUT2D eigenvalue weighted by Crippen LogP contribution is -2.15. The molecule has 0 aliphatic carbocycles. The third-order valence-corrected chi connectivity index (χ3v) is 5.74. The molecule has 31 heavy (non-hydrogen) atoms. The molecule has 3 aromatic carbocycles. The van der Waals surface area contributed by atoms with E-state index in [1.54, 1.807) is 31.4 Å². The van der Waals surface area contributed by atoms with Crippen LogP contribution in [0.2, 0.25) is 5.02 Å². The Balaban J connectivity index is 1.39. The molecule has 0 saturated heterocycles. The van der Waals surface area contributed by atoms with Crippen LogP contribution in [0.1, 0.15) is 15.9 Å². The molecule has 1 aromatic heterocycles. The van der Waals surface area contributed by atoms with Crippen molar-refractivity contribution in [2.24, 2.45) is 0 Å². The van der Waals surface area contributed by atoms with Crippen LogP contribution in [0.3, 0.4) is 0 Å². The first-order valence-corrected chi connectivity index (χ1v) is 10.4. The van der Waals surface area contributed by atoms with Crippen LogP contribution >= 0.6 is 11.6 Å². The summed E-state index contributed by atoms with van der Waals surface area (Å²) in [6, 6.07) is 22.8. The Morgan fingerprint density at radius 3 is 2.55 bits per heavy atom. The molecule has 5 rings (SSSR count). The molecule has 0 spiro atoms. The van der Waals surface area contributed by atoms with E-state index in [9.17, 15) is 4.79 Å². The molecule has 0 atom stereocenters. The number of nitrogens with zero attached hydrogens (tertiary/aromatic N) is 2. The summed E-state index contributed by atoms with van der Waals surface area (Å²) < 4.78 is 5.34. The molecule has 154 valence electrons. The Bertz CT molecular complexity index is 1270. The van der Waals surface area contributed by atoms with Gasteiger partial charge in [-0.05, 0) is 78.7 Å². The van der Waals surface area contributed by atoms with E-state index in [2.05, 4.69) is 16.3 Å². The lowest BCUT2D eigenvalue weighted by Gasteiger charge is -2.19. The number of carbonyl (C=O) groups excluding carboxylic acids is 1. The Morgan fingerprint density at radius 2 is 1.81 bits per heavy atom. The summed E-state index contributed by atoms with van der Waals surface area (Å²) >= 11 is 5.90. The van der Waals surface area contributed by atoms with Gasteiger partial charge in [0, 0.05) is 40.0 Å². The average Bonchev–Trinajstić information content (AvgIpc) is 3.21. The summed E-state index contributed by atoms with van der Waals surface area (Å²) in [7, 11) is 1.66.